The number of hydrogen-bond donors (Lipinski definition) is 2. The fourth-order valence-corrected chi connectivity index (χ4v) is 5.58. The smallest absolute Gasteiger partial charge is 0.319 e. The van der Waals surface area contributed by atoms with E-state index in [1.54, 1.807) is 37.3 Å². The van der Waals surface area contributed by atoms with E-state index in [0.717, 1.165) is 14.1 Å². The van der Waals surface area contributed by atoms with Crippen molar-refractivity contribution in [2.24, 2.45) is 0 Å². The Bertz CT molecular complexity index is 1200. The molecule has 2 fully saturated rings. The summed E-state index contributed by atoms with van der Waals surface area (Å²) in [6.07, 6.45) is 0. The molecule has 2 aliphatic rings. The zero-order chi connectivity index (χ0) is 24.0. The van der Waals surface area contributed by atoms with Crippen LogP contribution in [0.4, 0.5) is 18.0 Å². The molecule has 4 rings (SSSR count). The molecule has 0 bridgehead atoms. The first-order valence-corrected chi connectivity index (χ1v) is 11.7. The van der Waals surface area contributed by atoms with Crippen LogP contribution < -0.4 is 10.2 Å². The third-order valence-electron chi connectivity index (χ3n) is 6.05. The van der Waals surface area contributed by atoms with Crippen LogP contribution in [0.25, 0.3) is 0 Å². The molecule has 33 heavy (non-hydrogen) atoms. The van der Waals surface area contributed by atoms with E-state index in [9.17, 15) is 31.2 Å². The molecule has 0 aromatic heterocycles. The molecule has 0 aliphatic carbocycles. The molecule has 2 heterocycles. The topological polar surface area (TPSA) is 91.2 Å². The number of benzene rings is 2. The van der Waals surface area contributed by atoms with Crippen molar-refractivity contribution in [2.75, 3.05) is 32.8 Å². The summed E-state index contributed by atoms with van der Waals surface area (Å²) < 4.78 is 67.2. The van der Waals surface area contributed by atoms with Crippen LogP contribution in [0.1, 0.15) is 12.5 Å². The van der Waals surface area contributed by atoms with Crippen LogP contribution in [0.15, 0.2) is 47.4 Å². The predicted octanol–water partition coefficient (Wildman–Crippen LogP) is 0.418. The lowest BCUT2D eigenvalue weighted by atomic mass is 9.92. The van der Waals surface area contributed by atoms with Crippen LogP contribution in [0.2, 0.25) is 0 Å². The van der Waals surface area contributed by atoms with E-state index in [0.29, 0.717) is 17.7 Å². The average Bonchev–Trinajstić information content (AvgIpc) is 3.02. The summed E-state index contributed by atoms with van der Waals surface area (Å²) in [4.78, 5) is 26.5. The van der Waals surface area contributed by atoms with Crippen molar-refractivity contribution in [3.05, 3.63) is 65.5 Å². The monoisotopic (exact) mass is 483 g/mol. The van der Waals surface area contributed by atoms with Gasteiger partial charge in [0, 0.05) is 0 Å². The number of rotatable bonds is 5. The Morgan fingerprint density at radius 2 is 1.64 bits per heavy atom. The second-order valence-corrected chi connectivity index (χ2v) is 10.0. The standard InChI is InChI=1S/C21H21F3N4O4S/c1-21(14-5-3-2-4-6-14)19(29)28(20(30)25-21)13-26-9-11-27(12-10-26)33(31,32)16-8-7-15(22)17(23)18(16)24/h2-8H,9-13H2,1H3,(H,25,30)/p+1/t21-/m1/s1. The van der Waals surface area contributed by atoms with Gasteiger partial charge < -0.3 is 10.2 Å². The Morgan fingerprint density at radius 1 is 1.00 bits per heavy atom. The summed E-state index contributed by atoms with van der Waals surface area (Å²) in [6, 6.07) is 9.54. The first-order valence-electron chi connectivity index (χ1n) is 10.2. The zero-order valence-electron chi connectivity index (χ0n) is 17.6. The Labute approximate surface area is 188 Å². The van der Waals surface area contributed by atoms with Crippen LogP contribution in [-0.4, -0.2) is 62.4 Å². The molecule has 12 heteroatoms. The van der Waals surface area contributed by atoms with Crippen molar-refractivity contribution in [3.63, 3.8) is 0 Å². The fourth-order valence-electron chi connectivity index (χ4n) is 4.08. The highest BCUT2D eigenvalue weighted by Crippen LogP contribution is 2.28. The normalized spacial score (nSPS) is 22.6. The molecule has 0 saturated carbocycles. The van der Waals surface area contributed by atoms with Crippen molar-refractivity contribution >= 4 is 22.0 Å². The Morgan fingerprint density at radius 3 is 2.27 bits per heavy atom. The number of halogens is 3. The van der Waals surface area contributed by atoms with Gasteiger partial charge in [0.1, 0.15) is 10.4 Å². The van der Waals surface area contributed by atoms with E-state index in [4.69, 9.17) is 0 Å². The lowest BCUT2D eigenvalue weighted by Crippen LogP contribution is -3.16. The highest BCUT2D eigenvalue weighted by molar-refractivity contribution is 7.89. The van der Waals surface area contributed by atoms with E-state index < -0.39 is 49.8 Å². The fraction of sp³-hybridized carbons (Fsp3) is 0.333. The van der Waals surface area contributed by atoms with Crippen molar-refractivity contribution in [2.45, 2.75) is 17.4 Å². The third-order valence-corrected chi connectivity index (χ3v) is 7.97. The van der Waals surface area contributed by atoms with Crippen LogP contribution in [0, 0.1) is 17.5 Å². The number of hydrogen-bond acceptors (Lipinski definition) is 4. The van der Waals surface area contributed by atoms with Crippen molar-refractivity contribution < 1.29 is 36.1 Å². The number of carbonyl (C=O) groups is 2. The lowest BCUT2D eigenvalue weighted by Gasteiger charge is -2.33. The molecule has 2 aromatic rings. The third kappa shape index (κ3) is 3.98. The molecule has 176 valence electrons. The van der Waals surface area contributed by atoms with E-state index in [-0.39, 0.29) is 32.8 Å². The number of nitrogens with one attached hydrogen (secondary N) is 2. The molecular formula is C21H22F3N4O4S+. The largest absolute Gasteiger partial charge is 0.329 e. The molecule has 2 N–H and O–H groups in total. The number of quaternary nitrogens is 1. The van der Waals surface area contributed by atoms with Gasteiger partial charge in [0.15, 0.2) is 24.1 Å². The molecular weight excluding hydrogens is 461 g/mol. The van der Waals surface area contributed by atoms with Gasteiger partial charge in [-0.15, -0.1) is 0 Å². The molecule has 0 radical (unpaired) electrons. The number of urea groups is 1. The minimum Gasteiger partial charge on any atom is -0.319 e. The molecule has 3 amide bonds. The minimum absolute atomic E-state index is 0.0283. The van der Waals surface area contributed by atoms with Gasteiger partial charge in [0.25, 0.3) is 5.91 Å². The molecule has 0 unspecified atom stereocenters. The molecule has 8 nitrogen and oxygen atoms in total. The van der Waals surface area contributed by atoms with Crippen LogP contribution >= 0.6 is 0 Å². The van der Waals surface area contributed by atoms with Crippen LogP contribution in [0.5, 0.6) is 0 Å². The van der Waals surface area contributed by atoms with E-state index in [1.807, 2.05) is 0 Å². The summed E-state index contributed by atoms with van der Waals surface area (Å²) in [5.74, 6) is -5.49. The second-order valence-electron chi connectivity index (χ2n) is 8.14. The van der Waals surface area contributed by atoms with E-state index >= 15 is 0 Å². The van der Waals surface area contributed by atoms with Gasteiger partial charge in [-0.2, -0.15) is 4.31 Å². The number of amides is 3. The number of imide groups is 1. The van der Waals surface area contributed by atoms with Crippen LogP contribution in [0.3, 0.4) is 0 Å². The maximum absolute atomic E-state index is 14.0. The van der Waals surface area contributed by atoms with Gasteiger partial charge in [-0.1, -0.05) is 30.3 Å². The summed E-state index contributed by atoms with van der Waals surface area (Å²) in [5, 5.41) is 2.72. The summed E-state index contributed by atoms with van der Waals surface area (Å²) in [7, 11) is -4.38. The highest BCUT2D eigenvalue weighted by atomic mass is 32.2. The lowest BCUT2D eigenvalue weighted by molar-refractivity contribution is -0.910. The van der Waals surface area contributed by atoms with Gasteiger partial charge in [-0.05, 0) is 24.6 Å². The maximum Gasteiger partial charge on any atom is 0.329 e. The van der Waals surface area contributed by atoms with Crippen molar-refractivity contribution in [3.8, 4) is 0 Å². The van der Waals surface area contributed by atoms with Crippen LogP contribution in [-0.2, 0) is 20.4 Å². The van der Waals surface area contributed by atoms with Gasteiger partial charge in [-0.3, -0.25) is 4.79 Å². The summed E-state index contributed by atoms with van der Waals surface area (Å²) >= 11 is 0. The van der Waals surface area contributed by atoms with E-state index in [1.165, 1.54) is 0 Å². The van der Waals surface area contributed by atoms with Gasteiger partial charge in [-0.25, -0.2) is 31.3 Å². The average molecular weight is 483 g/mol. The second kappa shape index (κ2) is 8.43. The molecule has 1 atom stereocenters. The Kier molecular flexibility index (Phi) is 5.93. The number of nitrogens with zero attached hydrogens (tertiary/aromatic N) is 2. The summed E-state index contributed by atoms with van der Waals surface area (Å²) in [5.41, 5.74) is -0.557. The summed E-state index contributed by atoms with van der Waals surface area (Å²) in [6.45, 7) is 2.01. The first-order chi connectivity index (χ1) is 15.6. The number of sulfonamides is 1. The Balaban J connectivity index is 1.43. The molecule has 2 aliphatic heterocycles. The molecule has 0 spiro atoms. The van der Waals surface area contributed by atoms with Gasteiger partial charge >= 0.3 is 6.03 Å². The van der Waals surface area contributed by atoms with E-state index in [2.05, 4.69) is 5.32 Å². The molecule has 2 saturated heterocycles. The zero-order valence-corrected chi connectivity index (χ0v) is 18.5. The number of carbonyl (C=O) groups excluding carboxylic acids is 2. The predicted molar refractivity (Wildman–Crippen MR) is 110 cm³/mol. The highest BCUT2D eigenvalue weighted by Gasteiger charge is 2.50. The minimum atomic E-state index is -4.38. The van der Waals surface area contributed by atoms with Crippen molar-refractivity contribution in [1.29, 1.82) is 0 Å². The van der Waals surface area contributed by atoms with Gasteiger partial charge in [0.2, 0.25) is 10.0 Å². The number of piperazine rings is 1. The first kappa shape index (κ1) is 23.2. The quantitative estimate of drug-likeness (QED) is 0.477. The SMILES string of the molecule is C[C@]1(c2ccccc2)NC(=O)N(C[NH+]2CCN(S(=O)(=O)c3ccc(F)c(F)c3F)CC2)C1=O. The van der Waals surface area contributed by atoms with Crippen molar-refractivity contribution in [1.82, 2.24) is 14.5 Å². The molecule has 2 aromatic carbocycles. The Hall–Kier alpha value is -2.96. The maximum atomic E-state index is 14.0. The van der Waals surface area contributed by atoms with Gasteiger partial charge in [0.05, 0.1) is 26.2 Å².